The molecule has 2 aliphatic carbocycles. The minimum atomic E-state index is -0.817. The monoisotopic (exact) mass is 530 g/mol. The van der Waals surface area contributed by atoms with E-state index in [-0.39, 0.29) is 12.0 Å². The Morgan fingerprint density at radius 1 is 1.15 bits per heavy atom. The number of nitrogens with zero attached hydrogens (tertiary/aromatic N) is 4. The molecule has 206 valence electrons. The van der Waals surface area contributed by atoms with E-state index in [9.17, 15) is 14.7 Å². The molecule has 8 heteroatoms. The van der Waals surface area contributed by atoms with Crippen LogP contribution in [0.15, 0.2) is 24.3 Å². The standard InChI is InChI=1S/C29H32N4O4.C2H6/c1-7-8-25(34)33(22-14-17(3)16(2)13-19(22)18-9-10-18)24-12-11-21-26(30-24)27(31-32(21)6)37-23-15-20(28(35)36)29(23,4)5;1-2/h11-14,18,20,23H,9-10,15H2,1-6H3,(H,35,36);1-2H3. The molecule has 2 saturated carbocycles. The Labute approximate surface area is 230 Å². The minimum Gasteiger partial charge on any atom is -0.481 e. The summed E-state index contributed by atoms with van der Waals surface area (Å²) in [5.74, 6) is 4.99. The van der Waals surface area contributed by atoms with Gasteiger partial charge in [0, 0.05) is 12.5 Å². The van der Waals surface area contributed by atoms with E-state index in [1.165, 1.54) is 5.56 Å². The number of hydrogen-bond donors (Lipinski definition) is 1. The summed E-state index contributed by atoms with van der Waals surface area (Å²) >= 11 is 0. The Bertz CT molecular complexity index is 1490. The first-order valence-electron chi connectivity index (χ1n) is 13.6. The van der Waals surface area contributed by atoms with E-state index < -0.39 is 17.3 Å². The number of carbonyl (C=O) groups is 2. The highest BCUT2D eigenvalue weighted by Crippen LogP contribution is 2.49. The van der Waals surface area contributed by atoms with Gasteiger partial charge in [-0.25, -0.2) is 4.98 Å². The summed E-state index contributed by atoms with van der Waals surface area (Å²) in [7, 11) is 1.81. The van der Waals surface area contributed by atoms with Crippen LogP contribution in [0.3, 0.4) is 0 Å². The second-order valence-corrected chi connectivity index (χ2v) is 10.8. The Morgan fingerprint density at radius 2 is 1.82 bits per heavy atom. The molecular weight excluding hydrogens is 492 g/mol. The fourth-order valence-electron chi connectivity index (χ4n) is 5.18. The SMILES string of the molecule is CC.CC#CC(=O)N(c1ccc2c(n1)c(OC1CC(C(=O)O)C1(C)C)nn2C)c1cc(C)c(C)cc1C1CC1. The number of rotatable bonds is 6. The lowest BCUT2D eigenvalue weighted by molar-refractivity contribution is -0.165. The van der Waals surface area contributed by atoms with Crippen molar-refractivity contribution in [3.63, 3.8) is 0 Å². The lowest BCUT2D eigenvalue weighted by atomic mass is 9.60. The minimum absolute atomic E-state index is 0.304. The van der Waals surface area contributed by atoms with Crippen LogP contribution in [0.4, 0.5) is 11.5 Å². The second kappa shape index (κ2) is 10.7. The summed E-state index contributed by atoms with van der Waals surface area (Å²) in [4.78, 5) is 31.4. The van der Waals surface area contributed by atoms with Crippen LogP contribution in [0.25, 0.3) is 11.0 Å². The average Bonchev–Trinajstić information content (AvgIpc) is 3.69. The Balaban J connectivity index is 0.00000172. The van der Waals surface area contributed by atoms with Gasteiger partial charge in [0.1, 0.15) is 11.9 Å². The molecule has 1 N–H and O–H groups in total. The van der Waals surface area contributed by atoms with Crippen molar-refractivity contribution in [1.29, 1.82) is 0 Å². The first-order chi connectivity index (χ1) is 18.5. The van der Waals surface area contributed by atoms with Gasteiger partial charge in [0.2, 0.25) is 0 Å². The van der Waals surface area contributed by atoms with E-state index in [4.69, 9.17) is 9.72 Å². The van der Waals surface area contributed by atoms with Gasteiger partial charge in [-0.15, -0.1) is 5.10 Å². The number of pyridine rings is 1. The number of fused-ring (bicyclic) bond motifs is 1. The molecule has 3 aromatic rings. The van der Waals surface area contributed by atoms with Crippen molar-refractivity contribution < 1.29 is 19.4 Å². The van der Waals surface area contributed by atoms with Gasteiger partial charge in [-0.1, -0.05) is 39.7 Å². The summed E-state index contributed by atoms with van der Waals surface area (Å²) < 4.78 is 7.93. The third-order valence-electron chi connectivity index (χ3n) is 7.95. The normalized spacial score (nSPS) is 19.2. The first-order valence-corrected chi connectivity index (χ1v) is 13.6. The van der Waals surface area contributed by atoms with Crippen molar-refractivity contribution in [3.8, 4) is 17.7 Å². The van der Waals surface area contributed by atoms with Crippen molar-refractivity contribution >= 4 is 34.4 Å². The Kier molecular flexibility index (Phi) is 7.74. The summed E-state index contributed by atoms with van der Waals surface area (Å²) in [6.45, 7) is 13.6. The Hall–Kier alpha value is -3.86. The molecule has 0 radical (unpaired) electrons. The van der Waals surface area contributed by atoms with Crippen molar-refractivity contribution in [2.24, 2.45) is 18.4 Å². The van der Waals surface area contributed by atoms with Gasteiger partial charge in [0.15, 0.2) is 5.52 Å². The lowest BCUT2D eigenvalue weighted by Gasteiger charge is -2.48. The first kappa shape index (κ1) is 28.2. The fraction of sp³-hybridized carbons (Fsp3) is 0.484. The highest BCUT2D eigenvalue weighted by atomic mass is 16.5. The highest BCUT2D eigenvalue weighted by Gasteiger charge is 2.54. The lowest BCUT2D eigenvalue weighted by Crippen LogP contribution is -2.55. The maximum Gasteiger partial charge on any atom is 0.308 e. The molecule has 2 fully saturated rings. The molecule has 2 heterocycles. The number of carboxylic acid groups (broad SMARTS) is 1. The number of aliphatic carboxylic acids is 1. The number of carboxylic acids is 1. The maximum atomic E-state index is 13.4. The highest BCUT2D eigenvalue weighted by molar-refractivity contribution is 6.11. The van der Waals surface area contributed by atoms with Gasteiger partial charge < -0.3 is 9.84 Å². The number of benzene rings is 1. The van der Waals surface area contributed by atoms with E-state index in [1.54, 1.807) is 16.5 Å². The van der Waals surface area contributed by atoms with Gasteiger partial charge in [-0.05, 0) is 86.8 Å². The topological polar surface area (TPSA) is 97.6 Å². The molecule has 39 heavy (non-hydrogen) atoms. The predicted molar refractivity (Wildman–Crippen MR) is 152 cm³/mol. The molecule has 0 spiro atoms. The van der Waals surface area contributed by atoms with Crippen LogP contribution in [0.2, 0.25) is 0 Å². The van der Waals surface area contributed by atoms with E-state index >= 15 is 0 Å². The van der Waals surface area contributed by atoms with Gasteiger partial charge >= 0.3 is 11.9 Å². The number of aryl methyl sites for hydroxylation is 3. The zero-order valence-corrected chi connectivity index (χ0v) is 24.1. The van der Waals surface area contributed by atoms with Crippen LogP contribution in [-0.2, 0) is 16.6 Å². The predicted octanol–water partition coefficient (Wildman–Crippen LogP) is 6.05. The smallest absolute Gasteiger partial charge is 0.308 e. The van der Waals surface area contributed by atoms with Crippen LogP contribution in [-0.4, -0.2) is 37.9 Å². The Morgan fingerprint density at radius 3 is 2.41 bits per heavy atom. The fourth-order valence-corrected chi connectivity index (χ4v) is 5.18. The molecule has 0 aliphatic heterocycles. The number of anilines is 2. The molecule has 0 saturated heterocycles. The second-order valence-electron chi connectivity index (χ2n) is 10.8. The summed E-state index contributed by atoms with van der Waals surface area (Å²) in [5, 5.41) is 14.0. The quantitative estimate of drug-likeness (QED) is 0.390. The van der Waals surface area contributed by atoms with E-state index in [2.05, 4.69) is 29.9 Å². The third-order valence-corrected chi connectivity index (χ3v) is 7.95. The van der Waals surface area contributed by atoms with Gasteiger partial charge in [-0.3, -0.25) is 19.2 Å². The number of amides is 1. The number of aromatic nitrogens is 3. The van der Waals surface area contributed by atoms with Crippen LogP contribution in [0.1, 0.15) is 76.5 Å². The summed E-state index contributed by atoms with van der Waals surface area (Å²) in [6.07, 6.45) is 2.29. The van der Waals surface area contributed by atoms with E-state index in [1.807, 2.05) is 59.9 Å². The molecule has 1 amide bonds. The third kappa shape index (κ3) is 5.10. The van der Waals surface area contributed by atoms with E-state index in [0.29, 0.717) is 29.6 Å². The molecule has 2 atom stereocenters. The molecule has 2 aromatic heterocycles. The zero-order valence-electron chi connectivity index (χ0n) is 24.1. The van der Waals surface area contributed by atoms with Crippen molar-refractivity contribution in [1.82, 2.24) is 14.8 Å². The van der Waals surface area contributed by atoms with Crippen molar-refractivity contribution in [2.45, 2.75) is 79.8 Å². The largest absolute Gasteiger partial charge is 0.481 e. The van der Waals surface area contributed by atoms with Gasteiger partial charge in [0.25, 0.3) is 5.88 Å². The van der Waals surface area contributed by atoms with Crippen LogP contribution in [0, 0.1) is 37.0 Å². The average molecular weight is 531 g/mol. The molecule has 5 rings (SSSR count). The van der Waals surface area contributed by atoms with Crippen LogP contribution < -0.4 is 9.64 Å². The molecule has 8 nitrogen and oxygen atoms in total. The van der Waals surface area contributed by atoms with E-state index in [0.717, 1.165) is 35.2 Å². The summed E-state index contributed by atoms with van der Waals surface area (Å²) in [5.41, 5.74) is 4.96. The van der Waals surface area contributed by atoms with Crippen LogP contribution in [0.5, 0.6) is 5.88 Å². The molecule has 0 bridgehead atoms. The number of hydrogen-bond acceptors (Lipinski definition) is 5. The number of ether oxygens (including phenoxy) is 1. The van der Waals surface area contributed by atoms with Gasteiger partial charge in [-0.2, -0.15) is 0 Å². The summed E-state index contributed by atoms with van der Waals surface area (Å²) in [6, 6.07) is 7.91. The zero-order chi connectivity index (χ0) is 28.6. The molecular formula is C31H38N4O4. The van der Waals surface area contributed by atoms with Crippen molar-refractivity contribution in [2.75, 3.05) is 4.90 Å². The molecule has 2 unspecified atom stereocenters. The van der Waals surface area contributed by atoms with Crippen molar-refractivity contribution in [3.05, 3.63) is 41.0 Å². The molecule has 1 aromatic carbocycles. The number of carbonyl (C=O) groups excluding carboxylic acids is 1. The van der Waals surface area contributed by atoms with Gasteiger partial charge in [0.05, 0.1) is 17.1 Å². The maximum absolute atomic E-state index is 13.4. The van der Waals surface area contributed by atoms with Crippen LogP contribution >= 0.6 is 0 Å². The molecule has 2 aliphatic rings.